The first-order chi connectivity index (χ1) is 14.2. The van der Waals surface area contributed by atoms with Gasteiger partial charge in [-0.1, -0.05) is 17.7 Å². The third-order valence-corrected chi connectivity index (χ3v) is 6.69. The van der Waals surface area contributed by atoms with Crippen molar-refractivity contribution < 1.29 is 17.6 Å². The predicted octanol–water partition coefficient (Wildman–Crippen LogP) is 4.13. The van der Waals surface area contributed by atoms with E-state index in [9.17, 15) is 13.2 Å². The summed E-state index contributed by atoms with van der Waals surface area (Å²) in [5, 5.41) is 3.36. The minimum atomic E-state index is -3.60. The van der Waals surface area contributed by atoms with Crippen molar-refractivity contribution in [3.8, 4) is 11.3 Å². The van der Waals surface area contributed by atoms with E-state index in [0.717, 1.165) is 9.87 Å². The van der Waals surface area contributed by atoms with Gasteiger partial charge in [-0.05, 0) is 48.9 Å². The van der Waals surface area contributed by atoms with Crippen molar-refractivity contribution in [1.82, 2.24) is 9.29 Å². The van der Waals surface area contributed by atoms with Gasteiger partial charge in [0.25, 0.3) is 0 Å². The zero-order valence-corrected chi connectivity index (χ0v) is 18.4. The molecule has 9 heteroatoms. The van der Waals surface area contributed by atoms with Crippen LogP contribution in [0.15, 0.2) is 58.0 Å². The number of rotatable bonds is 7. The second-order valence-corrected chi connectivity index (χ2v) is 9.50. The van der Waals surface area contributed by atoms with Crippen LogP contribution in [0.5, 0.6) is 0 Å². The van der Waals surface area contributed by atoms with Crippen LogP contribution >= 0.6 is 11.6 Å². The molecule has 1 N–H and O–H groups in total. The number of hydrogen-bond acceptors (Lipinski definition) is 5. The number of hydrogen-bond donors (Lipinski definition) is 1. The Balaban J connectivity index is 1.64. The second-order valence-electron chi connectivity index (χ2n) is 6.94. The smallest absolute Gasteiger partial charge is 0.242 e. The van der Waals surface area contributed by atoms with Crippen LogP contribution in [0, 0.1) is 6.92 Å². The number of nitrogens with one attached hydrogen (secondary N) is 1. The average Bonchev–Trinajstić information content (AvgIpc) is 3.17. The first-order valence-electron chi connectivity index (χ1n) is 9.20. The lowest BCUT2D eigenvalue weighted by Crippen LogP contribution is -2.23. The molecular formula is C21H22ClN3O4S. The number of sulfonamides is 1. The summed E-state index contributed by atoms with van der Waals surface area (Å²) in [7, 11) is -0.665. The van der Waals surface area contributed by atoms with Crippen LogP contribution in [-0.2, 0) is 21.2 Å². The third-order valence-electron chi connectivity index (χ3n) is 4.48. The quantitative estimate of drug-likeness (QED) is 0.588. The molecule has 158 valence electrons. The fraction of sp³-hybridized carbons (Fsp3) is 0.238. The monoisotopic (exact) mass is 447 g/mol. The molecule has 0 saturated carbocycles. The SMILES string of the molecule is Cc1ccc(NC(=O)CCc2ncc(-c3ccc(Cl)cc3)o2)cc1S(=O)(=O)N(C)C. The maximum absolute atomic E-state index is 12.4. The van der Waals surface area contributed by atoms with Gasteiger partial charge in [0.15, 0.2) is 11.7 Å². The lowest BCUT2D eigenvalue weighted by Gasteiger charge is -2.15. The molecule has 1 amide bonds. The van der Waals surface area contributed by atoms with Gasteiger partial charge in [0.1, 0.15) is 0 Å². The zero-order chi connectivity index (χ0) is 21.9. The van der Waals surface area contributed by atoms with Crippen molar-refractivity contribution in [2.75, 3.05) is 19.4 Å². The Bertz CT molecular complexity index is 1160. The van der Waals surface area contributed by atoms with E-state index in [-0.39, 0.29) is 17.2 Å². The number of carbonyl (C=O) groups is 1. The van der Waals surface area contributed by atoms with Crippen molar-refractivity contribution in [2.45, 2.75) is 24.7 Å². The highest BCUT2D eigenvalue weighted by Gasteiger charge is 2.20. The molecule has 0 saturated heterocycles. The summed E-state index contributed by atoms with van der Waals surface area (Å²) in [5.41, 5.74) is 1.87. The Labute approximate surface area is 180 Å². The topological polar surface area (TPSA) is 92.5 Å². The van der Waals surface area contributed by atoms with Gasteiger partial charge < -0.3 is 9.73 Å². The largest absolute Gasteiger partial charge is 0.441 e. The molecule has 1 aromatic heterocycles. The van der Waals surface area contributed by atoms with E-state index in [1.165, 1.54) is 20.2 Å². The molecular weight excluding hydrogens is 426 g/mol. The van der Waals surface area contributed by atoms with Gasteiger partial charge in [-0.3, -0.25) is 4.79 Å². The molecule has 0 fully saturated rings. The summed E-state index contributed by atoms with van der Waals surface area (Å²) < 4.78 is 31.7. The number of anilines is 1. The van der Waals surface area contributed by atoms with Crippen molar-refractivity contribution in [3.63, 3.8) is 0 Å². The van der Waals surface area contributed by atoms with Crippen LogP contribution in [0.1, 0.15) is 17.9 Å². The molecule has 3 aromatic rings. The number of aryl methyl sites for hydroxylation is 2. The minimum Gasteiger partial charge on any atom is -0.441 e. The number of benzene rings is 2. The van der Waals surface area contributed by atoms with E-state index in [2.05, 4.69) is 10.3 Å². The molecule has 7 nitrogen and oxygen atoms in total. The summed E-state index contributed by atoms with van der Waals surface area (Å²) in [6.07, 6.45) is 2.06. The Morgan fingerprint density at radius 1 is 1.17 bits per heavy atom. The van der Waals surface area contributed by atoms with Crippen LogP contribution in [0.4, 0.5) is 5.69 Å². The maximum Gasteiger partial charge on any atom is 0.242 e. The predicted molar refractivity (Wildman–Crippen MR) is 116 cm³/mol. The molecule has 0 unspecified atom stereocenters. The van der Waals surface area contributed by atoms with Gasteiger partial charge in [-0.15, -0.1) is 0 Å². The van der Waals surface area contributed by atoms with Crippen LogP contribution in [-0.4, -0.2) is 37.7 Å². The summed E-state index contributed by atoms with van der Waals surface area (Å²) in [6.45, 7) is 1.71. The summed E-state index contributed by atoms with van der Waals surface area (Å²) >= 11 is 5.89. The number of amides is 1. The van der Waals surface area contributed by atoms with Gasteiger partial charge in [-0.2, -0.15) is 0 Å². The van der Waals surface area contributed by atoms with Gasteiger partial charge in [0.05, 0.1) is 11.1 Å². The van der Waals surface area contributed by atoms with Gasteiger partial charge in [0, 0.05) is 43.2 Å². The van der Waals surface area contributed by atoms with Gasteiger partial charge >= 0.3 is 0 Å². The van der Waals surface area contributed by atoms with E-state index in [0.29, 0.717) is 34.3 Å². The van der Waals surface area contributed by atoms with Crippen molar-refractivity contribution in [2.24, 2.45) is 0 Å². The summed E-state index contributed by atoms with van der Waals surface area (Å²) in [5.74, 6) is 0.771. The first-order valence-corrected chi connectivity index (χ1v) is 11.0. The van der Waals surface area contributed by atoms with Crippen LogP contribution < -0.4 is 5.32 Å². The molecule has 0 aliphatic rings. The zero-order valence-electron chi connectivity index (χ0n) is 16.8. The average molecular weight is 448 g/mol. The normalized spacial score (nSPS) is 11.6. The standard InChI is InChI=1S/C21H22ClN3O4S/c1-14-4-9-17(12-19(14)30(27,28)25(2)3)24-20(26)10-11-21-23-13-18(29-21)15-5-7-16(22)8-6-15/h4-9,12-13H,10-11H2,1-3H3,(H,24,26). The molecule has 0 atom stereocenters. The maximum atomic E-state index is 12.4. The third kappa shape index (κ3) is 5.08. The molecule has 30 heavy (non-hydrogen) atoms. The van der Waals surface area contributed by atoms with E-state index < -0.39 is 10.0 Å². The van der Waals surface area contributed by atoms with E-state index in [4.69, 9.17) is 16.0 Å². The highest BCUT2D eigenvalue weighted by atomic mass is 35.5. The van der Waals surface area contributed by atoms with Crippen molar-refractivity contribution in [3.05, 3.63) is 65.1 Å². The Morgan fingerprint density at radius 2 is 1.87 bits per heavy atom. The number of oxazole rings is 1. The lowest BCUT2D eigenvalue weighted by atomic mass is 10.2. The second kappa shape index (κ2) is 8.99. The van der Waals surface area contributed by atoms with Gasteiger partial charge in [-0.25, -0.2) is 17.7 Å². The number of nitrogens with zero attached hydrogens (tertiary/aromatic N) is 2. The number of halogens is 1. The highest BCUT2D eigenvalue weighted by molar-refractivity contribution is 7.89. The fourth-order valence-electron chi connectivity index (χ4n) is 2.77. The highest BCUT2D eigenvalue weighted by Crippen LogP contribution is 2.24. The van der Waals surface area contributed by atoms with E-state index in [1.54, 1.807) is 37.4 Å². The lowest BCUT2D eigenvalue weighted by molar-refractivity contribution is -0.116. The Kier molecular flexibility index (Phi) is 6.60. The Morgan fingerprint density at radius 3 is 2.53 bits per heavy atom. The molecule has 0 spiro atoms. The van der Waals surface area contributed by atoms with E-state index >= 15 is 0 Å². The van der Waals surface area contributed by atoms with Crippen molar-refractivity contribution >= 4 is 33.2 Å². The van der Waals surface area contributed by atoms with E-state index in [1.807, 2.05) is 12.1 Å². The van der Waals surface area contributed by atoms with Gasteiger partial charge in [0.2, 0.25) is 15.9 Å². The first kappa shape index (κ1) is 22.0. The molecule has 0 bridgehead atoms. The van der Waals surface area contributed by atoms with Crippen LogP contribution in [0.25, 0.3) is 11.3 Å². The minimum absolute atomic E-state index is 0.143. The van der Waals surface area contributed by atoms with Crippen LogP contribution in [0.3, 0.4) is 0 Å². The van der Waals surface area contributed by atoms with Crippen LogP contribution in [0.2, 0.25) is 5.02 Å². The fourth-order valence-corrected chi connectivity index (χ4v) is 4.04. The molecule has 0 aliphatic carbocycles. The molecule has 0 radical (unpaired) electrons. The summed E-state index contributed by atoms with van der Waals surface area (Å²) in [4.78, 5) is 16.7. The summed E-state index contributed by atoms with van der Waals surface area (Å²) in [6, 6.07) is 12.0. The molecule has 0 aliphatic heterocycles. The number of aromatic nitrogens is 1. The Hall–Kier alpha value is -2.68. The molecule has 2 aromatic carbocycles. The van der Waals surface area contributed by atoms with Crippen molar-refractivity contribution in [1.29, 1.82) is 0 Å². The molecule has 3 rings (SSSR count). The molecule has 1 heterocycles. The number of carbonyl (C=O) groups excluding carboxylic acids is 1.